The van der Waals surface area contributed by atoms with Crippen molar-refractivity contribution >= 4 is 40.2 Å². The number of ether oxygens (including phenoxy) is 1. The molecule has 3 N–H and O–H groups in total. The van der Waals surface area contributed by atoms with Gasteiger partial charge in [-0.2, -0.15) is 0 Å². The summed E-state index contributed by atoms with van der Waals surface area (Å²) in [5, 5.41) is 16.8. The standard InChI is InChI=1S/C27H26ClFN2O5/c28-20-6-3-17-13-19(2-1-18(17)14-20)25(32)30-11-12-31-26(33)23-10-9-22(15-24(23)29)36-21-7-4-16(5-8-21)27(34)35/h1-3,6,9-10,13-16,21H,4-5,7-8,11-12H2,(H,30,32)(H,31,33)(H,34,35)/t16-,21+. The molecule has 36 heavy (non-hydrogen) atoms. The van der Waals surface area contributed by atoms with Gasteiger partial charge in [-0.05, 0) is 72.9 Å². The van der Waals surface area contributed by atoms with Crippen molar-refractivity contribution in [1.82, 2.24) is 10.6 Å². The molecule has 188 valence electrons. The third kappa shape index (κ3) is 6.31. The SMILES string of the molecule is O=C(NCCNC(=O)c1ccc(O[C@H]2CC[C@@H](C(=O)O)CC2)cc1F)c1ccc2cc(Cl)ccc2c1. The van der Waals surface area contributed by atoms with Gasteiger partial charge < -0.3 is 20.5 Å². The van der Waals surface area contributed by atoms with E-state index in [0.29, 0.717) is 42.0 Å². The Morgan fingerprint density at radius 3 is 2.25 bits per heavy atom. The molecule has 2 amide bonds. The normalized spacial score (nSPS) is 17.4. The number of benzene rings is 3. The first-order chi connectivity index (χ1) is 17.3. The summed E-state index contributed by atoms with van der Waals surface area (Å²) in [5.74, 6) is -2.46. The van der Waals surface area contributed by atoms with Crippen molar-refractivity contribution in [2.45, 2.75) is 31.8 Å². The molecule has 4 rings (SSSR count). The van der Waals surface area contributed by atoms with Crippen LogP contribution in [0.2, 0.25) is 5.02 Å². The third-order valence-corrected chi connectivity index (χ3v) is 6.51. The van der Waals surface area contributed by atoms with Crippen molar-refractivity contribution in [3.8, 4) is 5.75 Å². The van der Waals surface area contributed by atoms with Crippen LogP contribution in [-0.4, -0.2) is 42.1 Å². The molecule has 0 aromatic heterocycles. The van der Waals surface area contributed by atoms with Gasteiger partial charge in [0.2, 0.25) is 0 Å². The van der Waals surface area contributed by atoms with E-state index in [1.807, 2.05) is 18.2 Å². The van der Waals surface area contributed by atoms with Crippen molar-refractivity contribution in [1.29, 1.82) is 0 Å². The Morgan fingerprint density at radius 1 is 0.889 bits per heavy atom. The summed E-state index contributed by atoms with van der Waals surface area (Å²) in [6.45, 7) is 0.295. The van der Waals surface area contributed by atoms with Crippen molar-refractivity contribution in [2.24, 2.45) is 5.92 Å². The fraction of sp³-hybridized carbons (Fsp3) is 0.296. The van der Waals surface area contributed by atoms with E-state index >= 15 is 0 Å². The van der Waals surface area contributed by atoms with Crippen LogP contribution in [0.1, 0.15) is 46.4 Å². The maximum Gasteiger partial charge on any atom is 0.306 e. The molecule has 0 atom stereocenters. The Labute approximate surface area is 212 Å². The van der Waals surface area contributed by atoms with E-state index < -0.39 is 17.7 Å². The van der Waals surface area contributed by atoms with Gasteiger partial charge in [-0.1, -0.05) is 23.7 Å². The molecule has 1 aliphatic rings. The smallest absolute Gasteiger partial charge is 0.306 e. The van der Waals surface area contributed by atoms with E-state index in [4.69, 9.17) is 21.4 Å². The molecule has 0 radical (unpaired) electrons. The van der Waals surface area contributed by atoms with Crippen LogP contribution in [0.3, 0.4) is 0 Å². The lowest BCUT2D eigenvalue weighted by molar-refractivity contribution is -0.143. The van der Waals surface area contributed by atoms with Crippen LogP contribution in [0, 0.1) is 11.7 Å². The van der Waals surface area contributed by atoms with Crippen LogP contribution in [0.25, 0.3) is 10.8 Å². The van der Waals surface area contributed by atoms with Gasteiger partial charge in [-0.15, -0.1) is 0 Å². The molecule has 0 spiro atoms. The molecule has 9 heteroatoms. The number of carboxylic acid groups (broad SMARTS) is 1. The van der Waals surface area contributed by atoms with Gasteiger partial charge in [0, 0.05) is 29.7 Å². The number of carboxylic acids is 1. The topological polar surface area (TPSA) is 105 Å². The minimum atomic E-state index is -0.797. The number of fused-ring (bicyclic) bond motifs is 1. The number of carbonyl (C=O) groups is 3. The van der Waals surface area contributed by atoms with Gasteiger partial charge in [0.1, 0.15) is 11.6 Å². The Kier molecular flexibility index (Phi) is 8.05. The van der Waals surface area contributed by atoms with E-state index in [2.05, 4.69) is 10.6 Å². The second-order valence-electron chi connectivity index (χ2n) is 8.79. The fourth-order valence-electron chi connectivity index (χ4n) is 4.28. The number of amides is 2. The number of aliphatic carboxylic acids is 1. The fourth-order valence-corrected chi connectivity index (χ4v) is 4.46. The third-order valence-electron chi connectivity index (χ3n) is 6.27. The first-order valence-electron chi connectivity index (χ1n) is 11.7. The van der Waals surface area contributed by atoms with Crippen LogP contribution in [-0.2, 0) is 4.79 Å². The predicted octanol–water partition coefficient (Wildman–Crippen LogP) is 4.81. The van der Waals surface area contributed by atoms with Gasteiger partial charge >= 0.3 is 5.97 Å². The lowest BCUT2D eigenvalue weighted by Crippen LogP contribution is -2.35. The highest BCUT2D eigenvalue weighted by atomic mass is 35.5. The molecule has 7 nitrogen and oxygen atoms in total. The average Bonchev–Trinajstić information content (AvgIpc) is 2.86. The van der Waals surface area contributed by atoms with Crippen LogP contribution >= 0.6 is 11.6 Å². The minimum absolute atomic E-state index is 0.123. The number of carbonyl (C=O) groups excluding carboxylic acids is 2. The maximum atomic E-state index is 14.5. The predicted molar refractivity (Wildman–Crippen MR) is 134 cm³/mol. The molecule has 1 fully saturated rings. The zero-order valence-electron chi connectivity index (χ0n) is 19.4. The van der Waals surface area contributed by atoms with Crippen molar-refractivity contribution < 1.29 is 28.6 Å². The molecule has 1 aliphatic carbocycles. The highest BCUT2D eigenvalue weighted by Crippen LogP contribution is 2.28. The average molecular weight is 513 g/mol. The number of nitrogens with one attached hydrogen (secondary N) is 2. The molecule has 1 saturated carbocycles. The second kappa shape index (κ2) is 11.4. The molecule has 0 aliphatic heterocycles. The minimum Gasteiger partial charge on any atom is -0.490 e. The van der Waals surface area contributed by atoms with Crippen LogP contribution in [0.5, 0.6) is 5.75 Å². The van der Waals surface area contributed by atoms with E-state index in [1.165, 1.54) is 12.1 Å². The van der Waals surface area contributed by atoms with Crippen LogP contribution in [0.4, 0.5) is 4.39 Å². The molecule has 0 heterocycles. The van der Waals surface area contributed by atoms with Gasteiger partial charge in [0.25, 0.3) is 11.8 Å². The molecule has 3 aromatic rings. The van der Waals surface area contributed by atoms with E-state index in [1.54, 1.807) is 18.2 Å². The van der Waals surface area contributed by atoms with Crippen molar-refractivity contribution in [3.63, 3.8) is 0 Å². The molecule has 0 saturated heterocycles. The van der Waals surface area contributed by atoms with Gasteiger partial charge in [0.15, 0.2) is 0 Å². The second-order valence-corrected chi connectivity index (χ2v) is 9.23. The number of rotatable bonds is 8. The van der Waals surface area contributed by atoms with E-state index in [0.717, 1.165) is 16.8 Å². The number of hydrogen-bond donors (Lipinski definition) is 3. The zero-order valence-corrected chi connectivity index (χ0v) is 20.2. The van der Waals surface area contributed by atoms with Crippen LogP contribution in [0.15, 0.2) is 54.6 Å². The zero-order chi connectivity index (χ0) is 25.7. The Morgan fingerprint density at radius 2 is 1.56 bits per heavy atom. The Bertz CT molecular complexity index is 1290. The van der Waals surface area contributed by atoms with Gasteiger partial charge in [0.05, 0.1) is 17.6 Å². The lowest BCUT2D eigenvalue weighted by atomic mass is 9.87. The lowest BCUT2D eigenvalue weighted by Gasteiger charge is -2.26. The number of halogens is 2. The summed E-state index contributed by atoms with van der Waals surface area (Å²) >= 11 is 5.99. The van der Waals surface area contributed by atoms with E-state index in [-0.39, 0.29) is 36.6 Å². The largest absolute Gasteiger partial charge is 0.490 e. The quantitative estimate of drug-likeness (QED) is 0.375. The Hall–Kier alpha value is -3.65. The maximum absolute atomic E-state index is 14.5. The first kappa shape index (κ1) is 25.4. The van der Waals surface area contributed by atoms with Crippen molar-refractivity contribution in [2.75, 3.05) is 13.1 Å². The summed E-state index contributed by atoms with van der Waals surface area (Å²) in [7, 11) is 0. The Balaban J connectivity index is 1.24. The van der Waals surface area contributed by atoms with Crippen molar-refractivity contribution in [3.05, 3.63) is 76.6 Å². The summed E-state index contributed by atoms with van der Waals surface area (Å²) in [6.07, 6.45) is 2.04. The first-order valence-corrected chi connectivity index (χ1v) is 12.1. The summed E-state index contributed by atoms with van der Waals surface area (Å²) in [5.41, 5.74) is 0.352. The molecular formula is C27H26ClFN2O5. The highest BCUT2D eigenvalue weighted by Gasteiger charge is 2.27. The van der Waals surface area contributed by atoms with Crippen LogP contribution < -0.4 is 15.4 Å². The van der Waals surface area contributed by atoms with Gasteiger partial charge in [-0.3, -0.25) is 14.4 Å². The summed E-state index contributed by atoms with van der Waals surface area (Å²) in [4.78, 5) is 35.9. The highest BCUT2D eigenvalue weighted by molar-refractivity contribution is 6.31. The molecule has 3 aromatic carbocycles. The molecule has 0 unspecified atom stereocenters. The molecule has 0 bridgehead atoms. The van der Waals surface area contributed by atoms with Gasteiger partial charge in [-0.25, -0.2) is 4.39 Å². The van der Waals surface area contributed by atoms with E-state index in [9.17, 15) is 18.8 Å². The monoisotopic (exact) mass is 512 g/mol. The summed E-state index contributed by atoms with van der Waals surface area (Å²) < 4.78 is 20.3. The molecular weight excluding hydrogens is 487 g/mol. The summed E-state index contributed by atoms with van der Waals surface area (Å²) in [6, 6.07) is 14.7. The number of hydrogen-bond acceptors (Lipinski definition) is 4.